The summed E-state index contributed by atoms with van der Waals surface area (Å²) in [5, 5.41) is 3.33. The Morgan fingerprint density at radius 2 is 2.09 bits per heavy atom. The van der Waals surface area contributed by atoms with Crippen LogP contribution in [0.5, 0.6) is 11.5 Å². The van der Waals surface area contributed by atoms with Gasteiger partial charge < -0.3 is 19.7 Å². The lowest BCUT2D eigenvalue weighted by atomic mass is 10.1. The highest BCUT2D eigenvalue weighted by atomic mass is 16.6. The van der Waals surface area contributed by atoms with Gasteiger partial charge in [0.2, 0.25) is 5.91 Å². The second kappa shape index (κ2) is 5.47. The standard InChI is InChI=1S/C17H22N2O3/c1-11-10-18-4-5-19(11)17(20)14-9-13(14)12-2-3-15-16(8-12)22-7-6-21-15/h2-3,8,11,13-14,18H,4-7,9-10H2,1H3/t11-,13?,14?/m1/s1. The monoisotopic (exact) mass is 302 g/mol. The highest BCUT2D eigenvalue weighted by molar-refractivity contribution is 5.83. The van der Waals surface area contributed by atoms with Crippen LogP contribution in [-0.4, -0.2) is 49.7 Å². The topological polar surface area (TPSA) is 50.8 Å². The van der Waals surface area contributed by atoms with Gasteiger partial charge >= 0.3 is 0 Å². The Hall–Kier alpha value is -1.75. The smallest absolute Gasteiger partial charge is 0.226 e. The molecule has 5 nitrogen and oxygen atoms in total. The average molecular weight is 302 g/mol. The van der Waals surface area contributed by atoms with Crippen LogP contribution in [0, 0.1) is 5.92 Å². The molecule has 1 aromatic rings. The summed E-state index contributed by atoms with van der Waals surface area (Å²) in [7, 11) is 0. The van der Waals surface area contributed by atoms with E-state index in [0.717, 1.165) is 37.6 Å². The molecule has 0 bridgehead atoms. The lowest BCUT2D eigenvalue weighted by molar-refractivity contribution is -0.135. The molecule has 2 aliphatic heterocycles. The Morgan fingerprint density at radius 1 is 1.27 bits per heavy atom. The minimum absolute atomic E-state index is 0.142. The van der Waals surface area contributed by atoms with Crippen LogP contribution >= 0.6 is 0 Å². The van der Waals surface area contributed by atoms with Crippen molar-refractivity contribution in [2.24, 2.45) is 5.92 Å². The minimum atomic E-state index is 0.142. The maximum absolute atomic E-state index is 12.7. The number of carbonyl (C=O) groups is 1. The molecule has 2 heterocycles. The highest BCUT2D eigenvalue weighted by Crippen LogP contribution is 2.50. The molecule has 22 heavy (non-hydrogen) atoms. The molecule has 118 valence electrons. The van der Waals surface area contributed by atoms with Crippen molar-refractivity contribution in [3.8, 4) is 11.5 Å². The van der Waals surface area contributed by atoms with Gasteiger partial charge in [0.05, 0.1) is 0 Å². The maximum Gasteiger partial charge on any atom is 0.226 e. The summed E-state index contributed by atoms with van der Waals surface area (Å²) in [4.78, 5) is 14.7. The maximum atomic E-state index is 12.7. The molecule has 3 aliphatic rings. The average Bonchev–Trinajstić information content (AvgIpc) is 3.35. The molecule has 2 fully saturated rings. The first-order valence-electron chi connectivity index (χ1n) is 8.15. The summed E-state index contributed by atoms with van der Waals surface area (Å²) in [6, 6.07) is 6.39. The van der Waals surface area contributed by atoms with Crippen LogP contribution in [0.1, 0.15) is 24.8 Å². The Bertz CT molecular complexity index is 589. The molecule has 1 aromatic carbocycles. The Labute approximate surface area is 130 Å². The molecule has 3 atom stereocenters. The van der Waals surface area contributed by atoms with E-state index in [0.29, 0.717) is 31.1 Å². The number of fused-ring (bicyclic) bond motifs is 1. The van der Waals surface area contributed by atoms with Crippen molar-refractivity contribution in [3.63, 3.8) is 0 Å². The SMILES string of the molecule is C[C@@H]1CNCCN1C(=O)C1CC1c1ccc2c(c1)OCCO2. The zero-order valence-corrected chi connectivity index (χ0v) is 12.9. The molecular formula is C17H22N2O3. The van der Waals surface area contributed by atoms with Crippen molar-refractivity contribution >= 4 is 5.91 Å². The molecule has 2 unspecified atom stereocenters. The molecule has 0 radical (unpaired) electrons. The van der Waals surface area contributed by atoms with Crippen molar-refractivity contribution in [2.75, 3.05) is 32.8 Å². The van der Waals surface area contributed by atoms with Crippen LogP contribution in [0.2, 0.25) is 0 Å². The third-order valence-corrected chi connectivity index (χ3v) is 4.89. The summed E-state index contributed by atoms with van der Waals surface area (Å²) in [5.41, 5.74) is 1.20. The molecule has 1 N–H and O–H groups in total. The molecule has 4 rings (SSSR count). The van der Waals surface area contributed by atoms with E-state index in [4.69, 9.17) is 9.47 Å². The van der Waals surface area contributed by atoms with Crippen LogP contribution in [0.15, 0.2) is 18.2 Å². The van der Waals surface area contributed by atoms with Crippen molar-refractivity contribution in [1.29, 1.82) is 0 Å². The summed E-state index contributed by atoms with van der Waals surface area (Å²) >= 11 is 0. The van der Waals surface area contributed by atoms with Gasteiger partial charge in [-0.25, -0.2) is 0 Å². The molecule has 1 saturated carbocycles. The minimum Gasteiger partial charge on any atom is -0.486 e. The van der Waals surface area contributed by atoms with E-state index in [1.54, 1.807) is 0 Å². The predicted molar refractivity (Wildman–Crippen MR) is 82.3 cm³/mol. The highest BCUT2D eigenvalue weighted by Gasteiger charge is 2.47. The summed E-state index contributed by atoms with van der Waals surface area (Å²) in [6.45, 7) is 5.94. The van der Waals surface area contributed by atoms with Crippen LogP contribution in [-0.2, 0) is 4.79 Å². The number of rotatable bonds is 2. The number of benzene rings is 1. The molecule has 0 aromatic heterocycles. The fourth-order valence-electron chi connectivity index (χ4n) is 3.51. The van der Waals surface area contributed by atoms with E-state index in [9.17, 15) is 4.79 Å². The van der Waals surface area contributed by atoms with Gasteiger partial charge in [0, 0.05) is 31.6 Å². The molecule has 1 saturated heterocycles. The largest absolute Gasteiger partial charge is 0.486 e. The molecular weight excluding hydrogens is 280 g/mol. The fourth-order valence-corrected chi connectivity index (χ4v) is 3.51. The zero-order valence-electron chi connectivity index (χ0n) is 12.9. The van der Waals surface area contributed by atoms with E-state index < -0.39 is 0 Å². The fraction of sp³-hybridized carbons (Fsp3) is 0.588. The quantitative estimate of drug-likeness (QED) is 0.897. The lowest BCUT2D eigenvalue weighted by Gasteiger charge is -2.34. The summed E-state index contributed by atoms with van der Waals surface area (Å²) < 4.78 is 11.2. The summed E-state index contributed by atoms with van der Waals surface area (Å²) in [5.74, 6) is 2.43. The number of hydrogen-bond acceptors (Lipinski definition) is 4. The number of amides is 1. The van der Waals surface area contributed by atoms with E-state index >= 15 is 0 Å². The van der Waals surface area contributed by atoms with Gasteiger partial charge in [0.15, 0.2) is 11.5 Å². The van der Waals surface area contributed by atoms with Crippen molar-refractivity contribution < 1.29 is 14.3 Å². The number of hydrogen-bond donors (Lipinski definition) is 1. The number of nitrogens with one attached hydrogen (secondary N) is 1. The molecule has 5 heteroatoms. The summed E-state index contributed by atoms with van der Waals surface area (Å²) in [6.07, 6.45) is 0.953. The molecule has 0 spiro atoms. The first-order chi connectivity index (χ1) is 10.7. The lowest BCUT2D eigenvalue weighted by Crippen LogP contribution is -2.52. The van der Waals surface area contributed by atoms with Gasteiger partial charge in [0.25, 0.3) is 0 Å². The molecule has 1 aliphatic carbocycles. The van der Waals surface area contributed by atoms with Gasteiger partial charge in [-0.15, -0.1) is 0 Å². The number of nitrogens with zero attached hydrogens (tertiary/aromatic N) is 1. The van der Waals surface area contributed by atoms with Gasteiger partial charge in [-0.1, -0.05) is 6.07 Å². The number of ether oxygens (including phenoxy) is 2. The Morgan fingerprint density at radius 3 is 2.91 bits per heavy atom. The number of carbonyl (C=O) groups excluding carboxylic acids is 1. The van der Waals surface area contributed by atoms with Crippen molar-refractivity contribution in [1.82, 2.24) is 10.2 Å². The molecule has 1 amide bonds. The van der Waals surface area contributed by atoms with Gasteiger partial charge in [-0.3, -0.25) is 4.79 Å². The van der Waals surface area contributed by atoms with Crippen LogP contribution < -0.4 is 14.8 Å². The van der Waals surface area contributed by atoms with Crippen LogP contribution in [0.3, 0.4) is 0 Å². The Balaban J connectivity index is 1.46. The van der Waals surface area contributed by atoms with Crippen molar-refractivity contribution in [3.05, 3.63) is 23.8 Å². The van der Waals surface area contributed by atoms with E-state index in [2.05, 4.69) is 18.3 Å². The normalized spacial score (nSPS) is 30.0. The Kier molecular flexibility index (Phi) is 3.45. The van der Waals surface area contributed by atoms with E-state index in [-0.39, 0.29) is 5.92 Å². The van der Waals surface area contributed by atoms with Crippen LogP contribution in [0.25, 0.3) is 0 Å². The second-order valence-electron chi connectivity index (χ2n) is 6.44. The number of piperazine rings is 1. The second-order valence-corrected chi connectivity index (χ2v) is 6.44. The van der Waals surface area contributed by atoms with Gasteiger partial charge in [-0.2, -0.15) is 0 Å². The van der Waals surface area contributed by atoms with Crippen molar-refractivity contribution in [2.45, 2.75) is 25.3 Å². The van der Waals surface area contributed by atoms with E-state index in [1.807, 2.05) is 17.0 Å². The van der Waals surface area contributed by atoms with Crippen LogP contribution in [0.4, 0.5) is 0 Å². The first-order valence-corrected chi connectivity index (χ1v) is 8.15. The zero-order chi connectivity index (χ0) is 15.1. The van der Waals surface area contributed by atoms with Gasteiger partial charge in [0.1, 0.15) is 13.2 Å². The van der Waals surface area contributed by atoms with E-state index in [1.165, 1.54) is 5.56 Å². The predicted octanol–water partition coefficient (Wildman–Crippen LogP) is 1.38. The van der Waals surface area contributed by atoms with Gasteiger partial charge in [-0.05, 0) is 37.0 Å². The first kappa shape index (κ1) is 13.9. The third kappa shape index (κ3) is 2.43. The third-order valence-electron chi connectivity index (χ3n) is 4.89.